The minimum atomic E-state index is 0.532. The Bertz CT molecular complexity index is 299. The molecule has 0 radical (unpaired) electrons. The molecule has 90 valence electrons. The lowest BCUT2D eigenvalue weighted by Crippen LogP contribution is -2.21. The first kappa shape index (κ1) is 14.0. The van der Waals surface area contributed by atoms with Crippen LogP contribution in [0.25, 0.3) is 0 Å². The lowest BCUT2D eigenvalue weighted by atomic mass is 10.0. The maximum absolute atomic E-state index is 3.59. The second-order valence-corrected chi connectivity index (χ2v) is 5.29. The highest BCUT2D eigenvalue weighted by Gasteiger charge is 2.11. The molecule has 1 N–H and O–H groups in total. The van der Waals surface area contributed by atoms with Crippen LogP contribution >= 0.6 is 22.6 Å². The normalized spacial score (nSPS) is 12.7. The Morgan fingerprint density at radius 3 is 2.56 bits per heavy atom. The van der Waals surface area contributed by atoms with E-state index in [1.807, 2.05) is 0 Å². The first-order valence-electron chi connectivity index (χ1n) is 6.27. The molecular weight excluding hydrogens is 309 g/mol. The molecular formula is C14H22IN. The number of hydrogen-bond acceptors (Lipinski definition) is 1. The van der Waals surface area contributed by atoms with E-state index in [1.165, 1.54) is 34.8 Å². The zero-order valence-electron chi connectivity index (χ0n) is 10.3. The summed E-state index contributed by atoms with van der Waals surface area (Å²) in [6.07, 6.45) is 5.21. The number of unbranched alkanes of at least 4 members (excludes halogenated alkanes) is 2. The average molecular weight is 331 g/mol. The first-order valence-corrected chi connectivity index (χ1v) is 7.35. The largest absolute Gasteiger partial charge is 0.310 e. The molecule has 0 aliphatic carbocycles. The minimum absolute atomic E-state index is 0.532. The van der Waals surface area contributed by atoms with Crippen molar-refractivity contribution in [1.29, 1.82) is 0 Å². The molecule has 1 atom stereocenters. The highest BCUT2D eigenvalue weighted by atomic mass is 127. The van der Waals surface area contributed by atoms with Crippen LogP contribution in [0.5, 0.6) is 0 Å². The van der Waals surface area contributed by atoms with E-state index < -0.39 is 0 Å². The Morgan fingerprint density at radius 2 is 1.94 bits per heavy atom. The SMILES string of the molecule is CCCCCC(NCC)c1ccccc1I. The van der Waals surface area contributed by atoms with Gasteiger partial charge < -0.3 is 5.32 Å². The van der Waals surface area contributed by atoms with Gasteiger partial charge in [-0.15, -0.1) is 0 Å². The maximum Gasteiger partial charge on any atom is 0.0330 e. The summed E-state index contributed by atoms with van der Waals surface area (Å²) < 4.78 is 1.38. The highest BCUT2D eigenvalue weighted by Crippen LogP contribution is 2.24. The first-order chi connectivity index (χ1) is 7.79. The van der Waals surface area contributed by atoms with E-state index >= 15 is 0 Å². The van der Waals surface area contributed by atoms with E-state index in [0.717, 1.165) is 6.54 Å². The van der Waals surface area contributed by atoms with E-state index in [4.69, 9.17) is 0 Å². The van der Waals surface area contributed by atoms with Crippen molar-refractivity contribution in [3.63, 3.8) is 0 Å². The van der Waals surface area contributed by atoms with Gasteiger partial charge in [0.2, 0.25) is 0 Å². The number of halogens is 1. The third kappa shape index (κ3) is 4.42. The quantitative estimate of drug-likeness (QED) is 0.572. The van der Waals surface area contributed by atoms with E-state index in [9.17, 15) is 0 Å². The van der Waals surface area contributed by atoms with Crippen molar-refractivity contribution in [3.05, 3.63) is 33.4 Å². The second-order valence-electron chi connectivity index (χ2n) is 4.13. The van der Waals surface area contributed by atoms with E-state index in [2.05, 4.69) is 66.0 Å². The van der Waals surface area contributed by atoms with Crippen molar-refractivity contribution in [2.45, 2.75) is 45.6 Å². The van der Waals surface area contributed by atoms with Gasteiger partial charge >= 0.3 is 0 Å². The lowest BCUT2D eigenvalue weighted by Gasteiger charge is -2.19. The summed E-state index contributed by atoms with van der Waals surface area (Å²) >= 11 is 2.44. The third-order valence-electron chi connectivity index (χ3n) is 2.83. The predicted octanol–water partition coefficient (Wildman–Crippen LogP) is 4.52. The zero-order chi connectivity index (χ0) is 11.8. The molecule has 1 aromatic carbocycles. The molecule has 1 unspecified atom stereocenters. The molecule has 16 heavy (non-hydrogen) atoms. The molecule has 1 nitrogen and oxygen atoms in total. The van der Waals surface area contributed by atoms with Crippen molar-refractivity contribution < 1.29 is 0 Å². The van der Waals surface area contributed by atoms with Crippen molar-refractivity contribution in [3.8, 4) is 0 Å². The summed E-state index contributed by atoms with van der Waals surface area (Å²) in [7, 11) is 0. The van der Waals surface area contributed by atoms with Crippen molar-refractivity contribution >= 4 is 22.6 Å². The van der Waals surface area contributed by atoms with Crippen LogP contribution in [0.3, 0.4) is 0 Å². The molecule has 0 spiro atoms. The fourth-order valence-electron chi connectivity index (χ4n) is 1.97. The number of hydrogen-bond donors (Lipinski definition) is 1. The van der Waals surface area contributed by atoms with Gasteiger partial charge in [-0.2, -0.15) is 0 Å². The standard InChI is InChI=1S/C14H22IN/c1-3-5-6-11-14(16-4-2)12-9-7-8-10-13(12)15/h7-10,14,16H,3-6,11H2,1-2H3. The molecule has 0 aliphatic heterocycles. The fraction of sp³-hybridized carbons (Fsp3) is 0.571. The molecule has 0 heterocycles. The van der Waals surface area contributed by atoms with Crippen molar-refractivity contribution in [1.82, 2.24) is 5.32 Å². The highest BCUT2D eigenvalue weighted by molar-refractivity contribution is 14.1. The van der Waals surface area contributed by atoms with Crippen LogP contribution in [0.1, 0.15) is 51.1 Å². The molecule has 1 rings (SSSR count). The van der Waals surface area contributed by atoms with Gasteiger partial charge in [-0.3, -0.25) is 0 Å². The Kier molecular flexibility index (Phi) is 7.05. The van der Waals surface area contributed by atoms with E-state index in [0.29, 0.717) is 6.04 Å². The van der Waals surface area contributed by atoms with Gasteiger partial charge in [0.05, 0.1) is 0 Å². The Balaban J connectivity index is 2.65. The number of rotatable bonds is 7. The van der Waals surface area contributed by atoms with E-state index in [1.54, 1.807) is 0 Å². The molecule has 0 bridgehead atoms. The second kappa shape index (κ2) is 8.07. The van der Waals surface area contributed by atoms with Gasteiger partial charge in [0, 0.05) is 9.61 Å². The van der Waals surface area contributed by atoms with Gasteiger partial charge in [-0.25, -0.2) is 0 Å². The van der Waals surface area contributed by atoms with Crippen LogP contribution in [0, 0.1) is 3.57 Å². The van der Waals surface area contributed by atoms with Gasteiger partial charge in [0.25, 0.3) is 0 Å². The van der Waals surface area contributed by atoms with Crippen LogP contribution < -0.4 is 5.32 Å². The zero-order valence-corrected chi connectivity index (χ0v) is 12.5. The summed E-state index contributed by atoms with van der Waals surface area (Å²) in [6, 6.07) is 9.23. The van der Waals surface area contributed by atoms with Crippen molar-refractivity contribution in [2.75, 3.05) is 6.54 Å². The van der Waals surface area contributed by atoms with Crippen LogP contribution in [0.15, 0.2) is 24.3 Å². The van der Waals surface area contributed by atoms with Crippen LogP contribution in [0.4, 0.5) is 0 Å². The smallest absolute Gasteiger partial charge is 0.0330 e. The van der Waals surface area contributed by atoms with Gasteiger partial charge in [-0.05, 0) is 47.2 Å². The molecule has 0 amide bonds. The molecule has 0 saturated carbocycles. The maximum atomic E-state index is 3.59. The lowest BCUT2D eigenvalue weighted by molar-refractivity contribution is 0.485. The summed E-state index contributed by atoms with van der Waals surface area (Å²) in [5.74, 6) is 0. The summed E-state index contributed by atoms with van der Waals surface area (Å²) in [5, 5.41) is 3.59. The minimum Gasteiger partial charge on any atom is -0.310 e. The predicted molar refractivity (Wildman–Crippen MR) is 79.7 cm³/mol. The van der Waals surface area contributed by atoms with Crippen molar-refractivity contribution in [2.24, 2.45) is 0 Å². The molecule has 0 saturated heterocycles. The third-order valence-corrected chi connectivity index (χ3v) is 3.81. The van der Waals surface area contributed by atoms with Crippen LogP contribution in [-0.4, -0.2) is 6.54 Å². The monoisotopic (exact) mass is 331 g/mol. The molecule has 0 fully saturated rings. The van der Waals surface area contributed by atoms with Crippen LogP contribution in [-0.2, 0) is 0 Å². The molecule has 0 aliphatic rings. The topological polar surface area (TPSA) is 12.0 Å². The summed E-state index contributed by atoms with van der Waals surface area (Å²) in [5.41, 5.74) is 1.46. The fourth-order valence-corrected chi connectivity index (χ4v) is 2.73. The summed E-state index contributed by atoms with van der Waals surface area (Å²) in [4.78, 5) is 0. The number of benzene rings is 1. The average Bonchev–Trinajstić information content (AvgIpc) is 2.29. The molecule has 2 heteroatoms. The Hall–Kier alpha value is -0.0900. The number of nitrogens with one attached hydrogen (secondary N) is 1. The van der Waals surface area contributed by atoms with Gasteiger partial charge in [-0.1, -0.05) is 51.3 Å². The molecule has 1 aromatic rings. The molecule has 0 aromatic heterocycles. The van der Waals surface area contributed by atoms with Gasteiger partial charge in [0.15, 0.2) is 0 Å². The Morgan fingerprint density at radius 1 is 1.19 bits per heavy atom. The van der Waals surface area contributed by atoms with Gasteiger partial charge in [0.1, 0.15) is 0 Å². The Labute approximate surface area is 113 Å². The van der Waals surface area contributed by atoms with E-state index in [-0.39, 0.29) is 0 Å². The van der Waals surface area contributed by atoms with Crippen LogP contribution in [0.2, 0.25) is 0 Å². The summed E-state index contributed by atoms with van der Waals surface area (Å²) in [6.45, 7) is 5.49.